The van der Waals surface area contributed by atoms with E-state index in [1.165, 1.54) is 11.3 Å². The van der Waals surface area contributed by atoms with Gasteiger partial charge in [0.1, 0.15) is 0 Å². The molecule has 0 unspecified atom stereocenters. The predicted octanol–water partition coefficient (Wildman–Crippen LogP) is 4.94. The molecular weight excluding hydrogens is 446 g/mol. The van der Waals surface area contributed by atoms with Gasteiger partial charge in [-0.05, 0) is 68.8 Å². The van der Waals surface area contributed by atoms with Crippen molar-refractivity contribution in [1.29, 1.82) is 0 Å². The molecule has 6 nitrogen and oxygen atoms in total. The van der Waals surface area contributed by atoms with Crippen molar-refractivity contribution in [2.45, 2.75) is 26.3 Å². The Morgan fingerprint density at radius 2 is 1.94 bits per heavy atom. The number of carbonyl (C=O) groups excluding carboxylic acids is 1. The highest BCUT2D eigenvalue weighted by atomic mass is 16.1. The summed E-state index contributed by atoms with van der Waals surface area (Å²) in [4.78, 5) is 27.2. The number of nitrogens with one attached hydrogen (secondary N) is 1. The number of piperazine rings is 1. The summed E-state index contributed by atoms with van der Waals surface area (Å²) in [6, 6.07) is 22.7. The Morgan fingerprint density at radius 3 is 2.75 bits per heavy atom. The zero-order valence-corrected chi connectivity index (χ0v) is 21.0. The second-order valence-corrected chi connectivity index (χ2v) is 9.61. The molecule has 1 amide bonds. The molecule has 0 bridgehead atoms. The highest BCUT2D eigenvalue weighted by Gasteiger charge is 2.23. The zero-order valence-electron chi connectivity index (χ0n) is 21.0. The topological polar surface area (TPSA) is 61.4 Å². The third-order valence-corrected chi connectivity index (χ3v) is 6.90. The number of fused-ring (bicyclic) bond motifs is 1. The number of anilines is 1. The largest absolute Gasteiger partial charge is 0.366 e. The van der Waals surface area contributed by atoms with Crippen LogP contribution < -0.4 is 10.2 Å². The van der Waals surface area contributed by atoms with E-state index in [-0.39, 0.29) is 5.91 Å². The molecule has 1 N–H and O–H groups in total. The summed E-state index contributed by atoms with van der Waals surface area (Å²) < 4.78 is 0. The Kier molecular flexibility index (Phi) is 7.23. The molecule has 0 aliphatic carbocycles. The smallest absolute Gasteiger partial charge is 0.252 e. The molecule has 1 saturated heterocycles. The molecular formula is C30H33N5O. The van der Waals surface area contributed by atoms with Crippen LogP contribution in [0, 0.1) is 6.92 Å². The first-order valence-electron chi connectivity index (χ1n) is 12.7. The minimum absolute atomic E-state index is 0.0589. The number of rotatable bonds is 7. The van der Waals surface area contributed by atoms with Gasteiger partial charge < -0.3 is 10.2 Å². The molecule has 2 aromatic carbocycles. The van der Waals surface area contributed by atoms with Crippen molar-refractivity contribution >= 4 is 22.5 Å². The summed E-state index contributed by atoms with van der Waals surface area (Å²) >= 11 is 0. The number of carbonyl (C=O) groups is 1. The Hall–Kier alpha value is -3.77. The van der Waals surface area contributed by atoms with Crippen molar-refractivity contribution in [2.75, 3.05) is 37.6 Å². The summed E-state index contributed by atoms with van der Waals surface area (Å²) in [7, 11) is 0. The van der Waals surface area contributed by atoms with Gasteiger partial charge in [-0.1, -0.05) is 30.3 Å². The van der Waals surface area contributed by atoms with E-state index in [9.17, 15) is 4.79 Å². The lowest BCUT2D eigenvalue weighted by Gasteiger charge is -2.41. The number of para-hydroxylation sites is 1. The first-order chi connectivity index (χ1) is 17.6. The van der Waals surface area contributed by atoms with E-state index in [1.54, 1.807) is 12.4 Å². The SMILES string of the molecule is Cc1cccc(N2CCN(CCCNC(=O)c3cc(-c4cccnc4)nc4ccccc34)C[C@H]2C)c1. The monoisotopic (exact) mass is 479 g/mol. The van der Waals surface area contributed by atoms with Gasteiger partial charge in [0.05, 0.1) is 16.8 Å². The molecule has 5 rings (SSSR count). The maximum Gasteiger partial charge on any atom is 0.252 e. The molecule has 4 aromatic rings. The van der Waals surface area contributed by atoms with Crippen molar-refractivity contribution in [3.05, 3.63) is 90.3 Å². The van der Waals surface area contributed by atoms with Crippen LogP contribution in [0.3, 0.4) is 0 Å². The third-order valence-electron chi connectivity index (χ3n) is 6.90. The van der Waals surface area contributed by atoms with E-state index in [0.29, 0.717) is 18.2 Å². The summed E-state index contributed by atoms with van der Waals surface area (Å²) in [6.45, 7) is 9.16. The Balaban J connectivity index is 1.18. The Labute approximate surface area is 213 Å². The molecule has 6 heteroatoms. The molecule has 1 atom stereocenters. The van der Waals surface area contributed by atoms with Crippen LogP contribution in [-0.4, -0.2) is 59.5 Å². The van der Waals surface area contributed by atoms with Gasteiger partial charge in [-0.15, -0.1) is 0 Å². The number of pyridine rings is 2. The number of nitrogens with zero attached hydrogens (tertiary/aromatic N) is 4. The van der Waals surface area contributed by atoms with E-state index in [2.05, 4.69) is 58.2 Å². The highest BCUT2D eigenvalue weighted by molar-refractivity contribution is 6.07. The molecule has 2 aromatic heterocycles. The van der Waals surface area contributed by atoms with E-state index in [0.717, 1.165) is 54.8 Å². The average Bonchev–Trinajstić information content (AvgIpc) is 2.91. The maximum atomic E-state index is 13.2. The van der Waals surface area contributed by atoms with E-state index < -0.39 is 0 Å². The maximum absolute atomic E-state index is 13.2. The molecule has 1 aliphatic heterocycles. The van der Waals surface area contributed by atoms with Crippen molar-refractivity contribution in [2.24, 2.45) is 0 Å². The van der Waals surface area contributed by atoms with Crippen molar-refractivity contribution in [1.82, 2.24) is 20.2 Å². The van der Waals surface area contributed by atoms with Gasteiger partial charge in [0.25, 0.3) is 5.91 Å². The fourth-order valence-corrected chi connectivity index (χ4v) is 5.05. The van der Waals surface area contributed by atoms with Crippen LogP contribution >= 0.6 is 0 Å². The molecule has 0 spiro atoms. The number of hydrogen-bond donors (Lipinski definition) is 1. The fourth-order valence-electron chi connectivity index (χ4n) is 5.05. The molecule has 184 valence electrons. The van der Waals surface area contributed by atoms with Crippen LogP contribution in [0.25, 0.3) is 22.2 Å². The summed E-state index contributed by atoms with van der Waals surface area (Å²) in [5, 5.41) is 4.01. The van der Waals surface area contributed by atoms with Gasteiger partial charge >= 0.3 is 0 Å². The van der Waals surface area contributed by atoms with Crippen LogP contribution in [0.1, 0.15) is 29.3 Å². The molecule has 0 radical (unpaired) electrons. The van der Waals surface area contributed by atoms with E-state index >= 15 is 0 Å². The minimum Gasteiger partial charge on any atom is -0.366 e. The lowest BCUT2D eigenvalue weighted by atomic mass is 10.0. The van der Waals surface area contributed by atoms with Gasteiger partial charge in [0.15, 0.2) is 0 Å². The van der Waals surface area contributed by atoms with Crippen molar-refractivity contribution in [3.63, 3.8) is 0 Å². The minimum atomic E-state index is -0.0589. The second kappa shape index (κ2) is 10.9. The molecule has 0 saturated carbocycles. The molecule has 1 fully saturated rings. The van der Waals surface area contributed by atoms with Gasteiger partial charge in [-0.3, -0.25) is 14.7 Å². The van der Waals surface area contributed by atoms with Crippen LogP contribution in [0.4, 0.5) is 5.69 Å². The number of aromatic nitrogens is 2. The summed E-state index contributed by atoms with van der Waals surface area (Å²) in [6.07, 6.45) is 4.43. The van der Waals surface area contributed by atoms with Crippen LogP contribution in [-0.2, 0) is 0 Å². The average molecular weight is 480 g/mol. The number of benzene rings is 2. The summed E-state index contributed by atoms with van der Waals surface area (Å²) in [5.41, 5.74) is 5.73. The lowest BCUT2D eigenvalue weighted by molar-refractivity contribution is 0.0952. The van der Waals surface area contributed by atoms with E-state index in [4.69, 9.17) is 4.98 Å². The van der Waals surface area contributed by atoms with Crippen LogP contribution in [0.15, 0.2) is 79.1 Å². The standard InChI is InChI=1S/C30H33N5O/c1-22-8-5-10-25(18-22)35-17-16-34(21-23(35)2)15-7-14-32-30(36)27-19-29(24-9-6-13-31-20-24)33-28-12-4-3-11-26(27)28/h3-6,8-13,18-20,23H,7,14-17,21H2,1-2H3,(H,32,36)/t23-/m1/s1. The molecule has 36 heavy (non-hydrogen) atoms. The normalized spacial score (nSPS) is 16.3. The number of hydrogen-bond acceptors (Lipinski definition) is 5. The van der Waals surface area contributed by atoms with Gasteiger partial charge in [0, 0.05) is 61.3 Å². The first kappa shape index (κ1) is 23.9. The number of amides is 1. The van der Waals surface area contributed by atoms with Crippen molar-refractivity contribution < 1.29 is 4.79 Å². The quantitative estimate of drug-likeness (QED) is 0.381. The third kappa shape index (κ3) is 5.39. The lowest BCUT2D eigenvalue weighted by Crippen LogP contribution is -2.52. The fraction of sp³-hybridized carbons (Fsp3) is 0.300. The van der Waals surface area contributed by atoms with Gasteiger partial charge in [-0.2, -0.15) is 0 Å². The zero-order chi connectivity index (χ0) is 24.9. The second-order valence-electron chi connectivity index (χ2n) is 9.61. The predicted molar refractivity (Wildman–Crippen MR) is 146 cm³/mol. The summed E-state index contributed by atoms with van der Waals surface area (Å²) in [5.74, 6) is -0.0589. The first-order valence-corrected chi connectivity index (χ1v) is 12.7. The Bertz CT molecular complexity index is 1340. The van der Waals surface area contributed by atoms with E-state index in [1.807, 2.05) is 42.5 Å². The highest BCUT2D eigenvalue weighted by Crippen LogP contribution is 2.25. The van der Waals surface area contributed by atoms with Crippen molar-refractivity contribution in [3.8, 4) is 11.3 Å². The number of aryl methyl sites for hydroxylation is 1. The van der Waals surface area contributed by atoms with Gasteiger partial charge in [0.2, 0.25) is 0 Å². The molecule has 3 heterocycles. The van der Waals surface area contributed by atoms with Crippen LogP contribution in [0.2, 0.25) is 0 Å². The molecule has 1 aliphatic rings. The van der Waals surface area contributed by atoms with Crippen LogP contribution in [0.5, 0.6) is 0 Å². The van der Waals surface area contributed by atoms with Gasteiger partial charge in [-0.25, -0.2) is 4.98 Å². The Morgan fingerprint density at radius 1 is 1.06 bits per heavy atom.